The lowest BCUT2D eigenvalue weighted by molar-refractivity contribution is 0.287. The Morgan fingerprint density at radius 2 is 1.85 bits per heavy atom. The van der Waals surface area contributed by atoms with Crippen molar-refractivity contribution in [2.75, 3.05) is 11.9 Å². The SMILES string of the molecule is OCCCc1nc2n(n1)[C@@H](c1ccc(Cl)cc1)C=C(c1ccc(Br)cc1)N2. The van der Waals surface area contributed by atoms with E-state index in [1.165, 1.54) is 0 Å². The monoisotopic (exact) mass is 444 g/mol. The number of fused-ring (bicyclic) bond motifs is 1. The quantitative estimate of drug-likeness (QED) is 0.599. The maximum Gasteiger partial charge on any atom is 0.226 e. The molecule has 0 saturated heterocycles. The average Bonchev–Trinajstić information content (AvgIpc) is 3.10. The minimum absolute atomic E-state index is 0.0902. The van der Waals surface area contributed by atoms with Gasteiger partial charge in [-0.3, -0.25) is 0 Å². The molecule has 0 amide bonds. The lowest BCUT2D eigenvalue weighted by Crippen LogP contribution is -2.20. The summed E-state index contributed by atoms with van der Waals surface area (Å²) in [5.41, 5.74) is 3.13. The van der Waals surface area contributed by atoms with Crippen molar-refractivity contribution in [3.63, 3.8) is 0 Å². The van der Waals surface area contributed by atoms with Gasteiger partial charge in [-0.2, -0.15) is 10.1 Å². The van der Waals surface area contributed by atoms with E-state index in [2.05, 4.69) is 49.5 Å². The van der Waals surface area contributed by atoms with Gasteiger partial charge in [0.1, 0.15) is 6.04 Å². The van der Waals surface area contributed by atoms with E-state index < -0.39 is 0 Å². The minimum Gasteiger partial charge on any atom is -0.396 e. The number of allylic oxidation sites excluding steroid dienone is 1. The first kappa shape index (κ1) is 18.2. The maximum absolute atomic E-state index is 9.09. The average molecular weight is 446 g/mol. The third-order valence-electron chi connectivity index (χ3n) is 4.43. The molecule has 2 aromatic carbocycles. The van der Waals surface area contributed by atoms with Gasteiger partial charge in [0.25, 0.3) is 0 Å². The van der Waals surface area contributed by atoms with Crippen molar-refractivity contribution in [2.24, 2.45) is 0 Å². The van der Waals surface area contributed by atoms with Gasteiger partial charge >= 0.3 is 0 Å². The Bertz CT molecular complexity index is 967. The fourth-order valence-electron chi connectivity index (χ4n) is 3.08. The number of halogens is 2. The van der Waals surface area contributed by atoms with Gasteiger partial charge in [0.05, 0.1) is 0 Å². The van der Waals surface area contributed by atoms with Crippen LogP contribution < -0.4 is 5.32 Å². The van der Waals surface area contributed by atoms with E-state index in [1.54, 1.807) is 0 Å². The van der Waals surface area contributed by atoms with Crippen molar-refractivity contribution < 1.29 is 5.11 Å². The molecular formula is C20H18BrClN4O. The van der Waals surface area contributed by atoms with Crippen LogP contribution in [-0.2, 0) is 6.42 Å². The van der Waals surface area contributed by atoms with Gasteiger partial charge in [-0.1, -0.05) is 51.8 Å². The molecule has 0 spiro atoms. The number of benzene rings is 2. The summed E-state index contributed by atoms with van der Waals surface area (Å²) in [6.45, 7) is 0.125. The van der Waals surface area contributed by atoms with E-state index in [9.17, 15) is 0 Å². The lowest BCUT2D eigenvalue weighted by Gasteiger charge is -2.24. The van der Waals surface area contributed by atoms with Gasteiger partial charge in [-0.05, 0) is 47.9 Å². The van der Waals surface area contributed by atoms with E-state index in [0.29, 0.717) is 23.8 Å². The number of aliphatic hydroxyl groups is 1. The molecule has 27 heavy (non-hydrogen) atoms. The standard InChI is InChI=1S/C20H18BrClN4O/c21-15-7-3-13(4-8-15)17-12-18(14-5-9-16(22)10-6-14)26-20(23-17)24-19(25-26)2-1-11-27/h3-10,12,18,27H,1-2,11H2,(H,23,24,25)/t18-/m1/s1. The first-order valence-electron chi connectivity index (χ1n) is 8.70. The van der Waals surface area contributed by atoms with E-state index in [0.717, 1.165) is 27.1 Å². The summed E-state index contributed by atoms with van der Waals surface area (Å²) < 4.78 is 2.92. The molecule has 1 aliphatic rings. The number of hydrogen-bond acceptors (Lipinski definition) is 4. The maximum atomic E-state index is 9.09. The van der Waals surface area contributed by atoms with Crippen LogP contribution in [0.15, 0.2) is 59.1 Å². The highest BCUT2D eigenvalue weighted by Crippen LogP contribution is 2.33. The second kappa shape index (κ2) is 7.84. The molecule has 0 fully saturated rings. The summed E-state index contributed by atoms with van der Waals surface area (Å²) in [6.07, 6.45) is 3.42. The van der Waals surface area contributed by atoms with Crippen LogP contribution in [0.2, 0.25) is 5.02 Å². The molecule has 0 unspecified atom stereocenters. The number of nitrogens with one attached hydrogen (secondary N) is 1. The molecular weight excluding hydrogens is 428 g/mol. The lowest BCUT2D eigenvalue weighted by atomic mass is 10.0. The molecule has 0 bridgehead atoms. The predicted molar refractivity (Wildman–Crippen MR) is 111 cm³/mol. The molecule has 2 heterocycles. The summed E-state index contributed by atoms with van der Waals surface area (Å²) in [5, 5.41) is 17.8. The Kier molecular flexibility index (Phi) is 5.29. The Balaban J connectivity index is 1.76. The Hall–Kier alpha value is -2.15. The van der Waals surface area contributed by atoms with Crippen molar-refractivity contribution in [3.05, 3.63) is 81.1 Å². The van der Waals surface area contributed by atoms with Gasteiger partial charge in [-0.25, -0.2) is 4.68 Å². The highest BCUT2D eigenvalue weighted by Gasteiger charge is 2.25. The molecule has 0 aliphatic carbocycles. The number of aliphatic hydroxyl groups excluding tert-OH is 1. The van der Waals surface area contributed by atoms with Crippen LogP contribution in [0.1, 0.15) is 29.4 Å². The zero-order chi connectivity index (χ0) is 18.8. The van der Waals surface area contributed by atoms with Gasteiger partial charge < -0.3 is 10.4 Å². The minimum atomic E-state index is -0.0902. The number of rotatable bonds is 5. The third kappa shape index (κ3) is 3.93. The molecule has 5 nitrogen and oxygen atoms in total. The Labute approximate surface area is 170 Å². The zero-order valence-corrected chi connectivity index (χ0v) is 16.8. The number of hydrogen-bond donors (Lipinski definition) is 2. The van der Waals surface area contributed by atoms with Crippen molar-refractivity contribution in [1.82, 2.24) is 14.8 Å². The van der Waals surface area contributed by atoms with Crippen LogP contribution in [0.5, 0.6) is 0 Å². The highest BCUT2D eigenvalue weighted by molar-refractivity contribution is 9.10. The summed E-state index contributed by atoms with van der Waals surface area (Å²) in [6, 6.07) is 15.8. The fourth-order valence-corrected chi connectivity index (χ4v) is 3.47. The Morgan fingerprint density at radius 3 is 2.56 bits per heavy atom. The molecule has 1 atom stereocenters. The number of anilines is 1. The predicted octanol–water partition coefficient (Wildman–Crippen LogP) is 4.67. The van der Waals surface area contributed by atoms with E-state index >= 15 is 0 Å². The van der Waals surface area contributed by atoms with Crippen molar-refractivity contribution in [1.29, 1.82) is 0 Å². The second-order valence-corrected chi connectivity index (χ2v) is 7.68. The first-order valence-corrected chi connectivity index (χ1v) is 9.87. The van der Waals surface area contributed by atoms with Crippen molar-refractivity contribution >= 4 is 39.2 Å². The van der Waals surface area contributed by atoms with Crippen LogP contribution in [0.25, 0.3) is 5.70 Å². The molecule has 2 N–H and O–H groups in total. The number of aryl methyl sites for hydroxylation is 1. The summed E-state index contributed by atoms with van der Waals surface area (Å²) in [4.78, 5) is 4.63. The molecule has 0 radical (unpaired) electrons. The number of aromatic nitrogens is 3. The smallest absolute Gasteiger partial charge is 0.226 e. The van der Waals surface area contributed by atoms with Crippen LogP contribution in [-0.4, -0.2) is 26.5 Å². The molecule has 4 rings (SSSR count). The largest absolute Gasteiger partial charge is 0.396 e. The summed E-state index contributed by atoms with van der Waals surface area (Å²) in [5.74, 6) is 1.42. The Morgan fingerprint density at radius 1 is 1.11 bits per heavy atom. The summed E-state index contributed by atoms with van der Waals surface area (Å²) in [7, 11) is 0. The molecule has 7 heteroatoms. The second-order valence-electron chi connectivity index (χ2n) is 6.33. The van der Waals surface area contributed by atoms with Crippen LogP contribution in [0, 0.1) is 0 Å². The fraction of sp³-hybridized carbons (Fsp3) is 0.200. The molecule has 138 valence electrons. The van der Waals surface area contributed by atoms with Gasteiger partial charge in [-0.15, -0.1) is 0 Å². The van der Waals surface area contributed by atoms with Gasteiger partial charge in [0, 0.05) is 28.2 Å². The van der Waals surface area contributed by atoms with Crippen LogP contribution in [0.4, 0.5) is 5.95 Å². The van der Waals surface area contributed by atoms with Crippen LogP contribution >= 0.6 is 27.5 Å². The summed E-state index contributed by atoms with van der Waals surface area (Å²) >= 11 is 9.54. The normalized spacial score (nSPS) is 15.8. The van der Waals surface area contributed by atoms with E-state index in [4.69, 9.17) is 16.7 Å². The van der Waals surface area contributed by atoms with Gasteiger partial charge in [0.15, 0.2) is 5.82 Å². The molecule has 1 aliphatic heterocycles. The molecule has 3 aromatic rings. The molecule has 1 aromatic heterocycles. The van der Waals surface area contributed by atoms with E-state index in [-0.39, 0.29) is 12.6 Å². The number of nitrogens with zero attached hydrogens (tertiary/aromatic N) is 3. The third-order valence-corrected chi connectivity index (χ3v) is 5.22. The first-order chi connectivity index (χ1) is 13.1. The molecule has 0 saturated carbocycles. The van der Waals surface area contributed by atoms with Crippen molar-refractivity contribution in [2.45, 2.75) is 18.9 Å². The highest BCUT2D eigenvalue weighted by atomic mass is 79.9. The van der Waals surface area contributed by atoms with E-state index in [1.807, 2.05) is 41.1 Å². The van der Waals surface area contributed by atoms with Gasteiger partial charge in [0.2, 0.25) is 5.95 Å². The topological polar surface area (TPSA) is 63.0 Å². The van der Waals surface area contributed by atoms with Crippen molar-refractivity contribution in [3.8, 4) is 0 Å². The van der Waals surface area contributed by atoms with Crippen LogP contribution in [0.3, 0.4) is 0 Å². The zero-order valence-electron chi connectivity index (χ0n) is 14.4.